The van der Waals surface area contributed by atoms with Crippen molar-refractivity contribution in [2.24, 2.45) is 16.9 Å². The molecular formula is C13H16N2O2S. The number of hydrogen-bond donors (Lipinski definition) is 1. The van der Waals surface area contributed by atoms with E-state index in [0.717, 1.165) is 24.5 Å². The fourth-order valence-electron chi connectivity index (χ4n) is 2.93. The van der Waals surface area contributed by atoms with Crippen LogP contribution in [0.4, 0.5) is 0 Å². The van der Waals surface area contributed by atoms with Gasteiger partial charge in [0.25, 0.3) is 10.0 Å². The van der Waals surface area contributed by atoms with E-state index in [0.29, 0.717) is 5.92 Å². The van der Waals surface area contributed by atoms with Crippen LogP contribution in [0.25, 0.3) is 0 Å². The first-order valence-corrected chi connectivity index (χ1v) is 7.77. The van der Waals surface area contributed by atoms with Crippen molar-refractivity contribution in [3.8, 4) is 0 Å². The molecule has 18 heavy (non-hydrogen) atoms. The van der Waals surface area contributed by atoms with Gasteiger partial charge in [-0.05, 0) is 49.7 Å². The largest absolute Gasteiger partial charge is 0.276 e. The van der Waals surface area contributed by atoms with Gasteiger partial charge in [0, 0.05) is 5.71 Å². The maximum absolute atomic E-state index is 12.0. The van der Waals surface area contributed by atoms with Crippen molar-refractivity contribution in [1.29, 1.82) is 0 Å². The Morgan fingerprint density at radius 2 is 1.94 bits per heavy atom. The number of nitrogens with zero attached hydrogens (tertiary/aromatic N) is 1. The van der Waals surface area contributed by atoms with Gasteiger partial charge in [0.2, 0.25) is 0 Å². The quantitative estimate of drug-likeness (QED) is 0.850. The Bertz CT molecular complexity index is 566. The van der Waals surface area contributed by atoms with Crippen molar-refractivity contribution in [3.05, 3.63) is 30.3 Å². The van der Waals surface area contributed by atoms with Crippen LogP contribution in [0.5, 0.6) is 0 Å². The minimum Gasteiger partial charge on any atom is -0.200 e. The van der Waals surface area contributed by atoms with Gasteiger partial charge in [0.05, 0.1) is 4.90 Å². The van der Waals surface area contributed by atoms with Crippen LogP contribution in [0.3, 0.4) is 0 Å². The van der Waals surface area contributed by atoms with Gasteiger partial charge in [-0.3, -0.25) is 0 Å². The summed E-state index contributed by atoms with van der Waals surface area (Å²) in [6.07, 6.45) is 4.58. The van der Waals surface area contributed by atoms with E-state index in [4.69, 9.17) is 0 Å². The second kappa shape index (κ2) is 4.39. The molecule has 2 atom stereocenters. The fraction of sp³-hybridized carbons (Fsp3) is 0.462. The summed E-state index contributed by atoms with van der Waals surface area (Å²) in [5.41, 5.74) is 1.03. The summed E-state index contributed by atoms with van der Waals surface area (Å²) in [6.45, 7) is 0. The number of sulfonamides is 1. The van der Waals surface area contributed by atoms with Crippen LogP contribution < -0.4 is 4.83 Å². The summed E-state index contributed by atoms with van der Waals surface area (Å²) in [5.74, 6) is 1.24. The number of hydrazone groups is 1. The summed E-state index contributed by atoms with van der Waals surface area (Å²) in [7, 11) is -3.50. The normalized spacial score (nSPS) is 28.8. The Hall–Kier alpha value is -1.36. The van der Waals surface area contributed by atoms with E-state index in [1.807, 2.05) is 0 Å². The minimum absolute atomic E-state index is 0.262. The second-order valence-corrected chi connectivity index (χ2v) is 6.75. The van der Waals surface area contributed by atoms with E-state index in [1.165, 1.54) is 12.8 Å². The van der Waals surface area contributed by atoms with Gasteiger partial charge in [-0.15, -0.1) is 0 Å². The highest BCUT2D eigenvalue weighted by atomic mass is 32.2. The van der Waals surface area contributed by atoms with Crippen LogP contribution >= 0.6 is 0 Å². The van der Waals surface area contributed by atoms with Crippen molar-refractivity contribution in [1.82, 2.24) is 4.83 Å². The molecule has 4 nitrogen and oxygen atoms in total. The average molecular weight is 264 g/mol. The molecule has 1 N–H and O–H groups in total. The van der Waals surface area contributed by atoms with E-state index >= 15 is 0 Å². The lowest BCUT2D eigenvalue weighted by atomic mass is 9.99. The van der Waals surface area contributed by atoms with Gasteiger partial charge >= 0.3 is 0 Å². The highest BCUT2D eigenvalue weighted by molar-refractivity contribution is 7.89. The third-order valence-electron chi connectivity index (χ3n) is 3.87. The number of fused-ring (bicyclic) bond motifs is 2. The number of nitrogens with one attached hydrogen (secondary N) is 1. The molecule has 0 saturated heterocycles. The second-order valence-electron chi connectivity index (χ2n) is 5.09. The molecule has 2 unspecified atom stereocenters. The first-order valence-electron chi connectivity index (χ1n) is 6.28. The van der Waals surface area contributed by atoms with E-state index < -0.39 is 10.0 Å². The lowest BCUT2D eigenvalue weighted by molar-refractivity contribution is 0.579. The van der Waals surface area contributed by atoms with Gasteiger partial charge in [-0.1, -0.05) is 18.2 Å². The molecule has 2 aliphatic rings. The molecule has 0 aliphatic heterocycles. The minimum atomic E-state index is -3.50. The first-order chi connectivity index (χ1) is 8.65. The standard InChI is InChI=1S/C13H16N2O2S/c16-18(17,12-4-2-1-3-5-12)15-14-13-9-10-6-7-11(13)8-10/h1-5,10-11,15H,6-9H2/b14-13-. The Balaban J connectivity index is 1.76. The van der Waals surface area contributed by atoms with Crippen LogP contribution in [-0.4, -0.2) is 14.1 Å². The Morgan fingerprint density at radius 3 is 2.56 bits per heavy atom. The highest BCUT2D eigenvalue weighted by Gasteiger charge is 2.36. The van der Waals surface area contributed by atoms with E-state index in [9.17, 15) is 8.42 Å². The zero-order valence-corrected chi connectivity index (χ0v) is 10.9. The van der Waals surface area contributed by atoms with Crippen molar-refractivity contribution >= 4 is 15.7 Å². The van der Waals surface area contributed by atoms with Crippen molar-refractivity contribution in [3.63, 3.8) is 0 Å². The third kappa shape index (κ3) is 2.14. The van der Waals surface area contributed by atoms with Crippen molar-refractivity contribution < 1.29 is 8.42 Å². The van der Waals surface area contributed by atoms with Crippen molar-refractivity contribution in [2.75, 3.05) is 0 Å². The smallest absolute Gasteiger partial charge is 0.200 e. The average Bonchev–Trinajstić information content (AvgIpc) is 3.00. The number of hydrogen-bond acceptors (Lipinski definition) is 3. The summed E-state index contributed by atoms with van der Waals surface area (Å²) in [5, 5.41) is 4.13. The predicted octanol–water partition coefficient (Wildman–Crippen LogP) is 2.14. The topological polar surface area (TPSA) is 58.5 Å². The van der Waals surface area contributed by atoms with Crippen LogP contribution in [0.1, 0.15) is 25.7 Å². The molecule has 0 amide bonds. The number of rotatable bonds is 3. The molecule has 0 heterocycles. The molecule has 96 valence electrons. The molecule has 1 aromatic rings. The van der Waals surface area contributed by atoms with E-state index in [2.05, 4.69) is 9.93 Å². The predicted molar refractivity (Wildman–Crippen MR) is 69.6 cm³/mol. The molecule has 5 heteroatoms. The molecule has 2 aliphatic carbocycles. The molecule has 2 fully saturated rings. The van der Waals surface area contributed by atoms with Crippen LogP contribution in [0, 0.1) is 11.8 Å². The van der Waals surface area contributed by atoms with Gasteiger partial charge in [0.1, 0.15) is 0 Å². The first kappa shape index (κ1) is 11.7. The summed E-state index contributed by atoms with van der Waals surface area (Å²) in [4.78, 5) is 2.62. The summed E-state index contributed by atoms with van der Waals surface area (Å²) >= 11 is 0. The molecule has 2 saturated carbocycles. The van der Waals surface area contributed by atoms with Crippen LogP contribution in [0.2, 0.25) is 0 Å². The molecule has 3 rings (SSSR count). The van der Waals surface area contributed by atoms with Gasteiger partial charge < -0.3 is 0 Å². The van der Waals surface area contributed by atoms with E-state index in [1.54, 1.807) is 30.3 Å². The van der Waals surface area contributed by atoms with E-state index in [-0.39, 0.29) is 4.90 Å². The molecule has 1 aromatic carbocycles. The van der Waals surface area contributed by atoms with Crippen LogP contribution in [-0.2, 0) is 10.0 Å². The number of benzene rings is 1. The van der Waals surface area contributed by atoms with Crippen LogP contribution in [0.15, 0.2) is 40.3 Å². The Kier molecular flexibility index (Phi) is 2.86. The maximum atomic E-state index is 12.0. The molecule has 0 aromatic heterocycles. The molecule has 2 bridgehead atoms. The fourth-order valence-corrected chi connectivity index (χ4v) is 3.79. The summed E-state index contributed by atoms with van der Waals surface area (Å²) < 4.78 is 24.0. The van der Waals surface area contributed by atoms with Crippen molar-refractivity contribution in [2.45, 2.75) is 30.6 Å². The molecule has 0 spiro atoms. The maximum Gasteiger partial charge on any atom is 0.276 e. The Labute approximate surface area is 107 Å². The molecule has 0 radical (unpaired) electrons. The zero-order valence-electron chi connectivity index (χ0n) is 10.0. The lowest BCUT2D eigenvalue weighted by Gasteiger charge is -2.12. The lowest BCUT2D eigenvalue weighted by Crippen LogP contribution is -2.22. The van der Waals surface area contributed by atoms with Gasteiger partial charge in [0.15, 0.2) is 0 Å². The SMILES string of the molecule is O=S(=O)(N/N=C1/CC2CCC1C2)c1ccccc1. The van der Waals surface area contributed by atoms with Gasteiger partial charge in [-0.25, -0.2) is 4.83 Å². The third-order valence-corrected chi connectivity index (χ3v) is 5.10. The highest BCUT2D eigenvalue weighted by Crippen LogP contribution is 2.42. The monoisotopic (exact) mass is 264 g/mol. The molecular weight excluding hydrogens is 248 g/mol. The Morgan fingerprint density at radius 1 is 1.17 bits per heavy atom. The van der Waals surface area contributed by atoms with Gasteiger partial charge in [-0.2, -0.15) is 13.5 Å². The summed E-state index contributed by atoms with van der Waals surface area (Å²) in [6, 6.07) is 8.35. The zero-order chi connectivity index (χ0) is 12.6.